The zero-order chi connectivity index (χ0) is 14.9. The molecule has 0 fully saturated rings. The van der Waals surface area contributed by atoms with Gasteiger partial charge in [0.15, 0.2) is 0 Å². The van der Waals surface area contributed by atoms with Crippen LogP contribution in [-0.4, -0.2) is 30.9 Å². The monoisotopic (exact) mass is 268 g/mol. The summed E-state index contributed by atoms with van der Waals surface area (Å²) >= 11 is 0. The third-order valence-corrected chi connectivity index (χ3v) is 3.77. The van der Waals surface area contributed by atoms with Crippen LogP contribution in [0.2, 0.25) is 0 Å². The predicted molar refractivity (Wildman–Crippen MR) is 82.9 cm³/mol. The van der Waals surface area contributed by atoms with Crippen molar-refractivity contribution in [1.82, 2.24) is 4.90 Å². The molecule has 2 N–H and O–H groups in total. The average Bonchev–Trinajstić information content (AvgIpc) is 2.32. The van der Waals surface area contributed by atoms with Crippen molar-refractivity contribution < 1.29 is 4.79 Å². The molecule has 0 aromatic carbocycles. The number of rotatable bonds is 9. The van der Waals surface area contributed by atoms with Gasteiger partial charge in [-0.2, -0.15) is 0 Å². The van der Waals surface area contributed by atoms with Crippen LogP contribution in [0.1, 0.15) is 52.9 Å². The lowest BCUT2D eigenvalue weighted by atomic mass is 9.76. The molecule has 3 heteroatoms. The highest BCUT2D eigenvalue weighted by Crippen LogP contribution is 2.32. The Bertz CT molecular complexity index is 268. The molecule has 0 aromatic heterocycles. The Kier molecular flexibility index (Phi) is 8.73. The number of nitrogens with two attached hydrogens (primary N) is 1. The standard InChI is InChI=1S/C16H32N2O/c1-6-7-8-13-18(5)15(19)10-9-14(11-12-17)16(2,3)4/h6,14H,1,7-13,17H2,2-5H3. The van der Waals surface area contributed by atoms with Crippen molar-refractivity contribution in [2.24, 2.45) is 17.1 Å². The summed E-state index contributed by atoms with van der Waals surface area (Å²) in [6.07, 6.45) is 6.43. The minimum Gasteiger partial charge on any atom is -0.346 e. The molecule has 0 aliphatic carbocycles. The van der Waals surface area contributed by atoms with Gasteiger partial charge in [-0.25, -0.2) is 0 Å². The summed E-state index contributed by atoms with van der Waals surface area (Å²) in [5.41, 5.74) is 5.89. The van der Waals surface area contributed by atoms with Crippen molar-refractivity contribution >= 4 is 5.91 Å². The maximum absolute atomic E-state index is 12.0. The van der Waals surface area contributed by atoms with Crippen molar-refractivity contribution in [2.45, 2.75) is 52.9 Å². The highest BCUT2D eigenvalue weighted by Gasteiger charge is 2.24. The molecule has 0 aliphatic heterocycles. The molecule has 0 rings (SSSR count). The van der Waals surface area contributed by atoms with Crippen LogP contribution in [0.5, 0.6) is 0 Å². The van der Waals surface area contributed by atoms with Crippen LogP contribution in [0.4, 0.5) is 0 Å². The molecule has 0 aromatic rings. The van der Waals surface area contributed by atoms with Gasteiger partial charge in [-0.05, 0) is 43.6 Å². The smallest absolute Gasteiger partial charge is 0.222 e. The second-order valence-corrected chi connectivity index (χ2v) is 6.43. The van der Waals surface area contributed by atoms with Gasteiger partial charge in [-0.15, -0.1) is 6.58 Å². The molecule has 0 bridgehead atoms. The molecule has 0 radical (unpaired) electrons. The molecule has 0 heterocycles. The third-order valence-electron chi connectivity index (χ3n) is 3.77. The van der Waals surface area contributed by atoms with Crippen LogP contribution in [0.3, 0.4) is 0 Å². The predicted octanol–water partition coefficient (Wildman–Crippen LogP) is 3.20. The van der Waals surface area contributed by atoms with Crippen molar-refractivity contribution in [3.63, 3.8) is 0 Å². The third kappa shape index (κ3) is 8.04. The Balaban J connectivity index is 4.13. The van der Waals surface area contributed by atoms with Gasteiger partial charge in [-0.3, -0.25) is 4.79 Å². The second kappa shape index (κ2) is 9.13. The number of carbonyl (C=O) groups excluding carboxylic acids is 1. The van der Waals surface area contributed by atoms with E-state index in [0.29, 0.717) is 18.9 Å². The van der Waals surface area contributed by atoms with E-state index in [1.165, 1.54) is 0 Å². The van der Waals surface area contributed by atoms with Crippen LogP contribution in [0.25, 0.3) is 0 Å². The van der Waals surface area contributed by atoms with E-state index >= 15 is 0 Å². The molecule has 0 spiro atoms. The number of amides is 1. The summed E-state index contributed by atoms with van der Waals surface area (Å²) in [6, 6.07) is 0. The lowest BCUT2D eigenvalue weighted by Gasteiger charge is -2.31. The normalized spacial score (nSPS) is 13.1. The molecule has 0 saturated heterocycles. The SMILES string of the molecule is C=CCCCN(C)C(=O)CCC(CCN)C(C)(C)C. The fraction of sp³-hybridized carbons (Fsp3) is 0.812. The van der Waals surface area contributed by atoms with Gasteiger partial charge in [0.2, 0.25) is 5.91 Å². The van der Waals surface area contributed by atoms with E-state index in [1.54, 1.807) is 0 Å². The molecule has 1 atom stereocenters. The summed E-state index contributed by atoms with van der Waals surface area (Å²) in [5.74, 6) is 0.762. The van der Waals surface area contributed by atoms with E-state index in [1.807, 2.05) is 18.0 Å². The maximum atomic E-state index is 12.0. The largest absolute Gasteiger partial charge is 0.346 e. The first-order chi connectivity index (χ1) is 8.82. The Morgan fingerprint density at radius 2 is 2.00 bits per heavy atom. The quantitative estimate of drug-likeness (QED) is 0.515. The summed E-state index contributed by atoms with van der Waals surface area (Å²) in [6.45, 7) is 11.9. The number of unbranched alkanes of at least 4 members (excludes halogenated alkanes) is 1. The Labute approximate surface area is 119 Å². The van der Waals surface area contributed by atoms with Crippen LogP contribution in [0.15, 0.2) is 12.7 Å². The van der Waals surface area contributed by atoms with Gasteiger partial charge < -0.3 is 10.6 Å². The van der Waals surface area contributed by atoms with Gasteiger partial charge in [0.1, 0.15) is 0 Å². The first kappa shape index (κ1) is 18.2. The van der Waals surface area contributed by atoms with E-state index in [-0.39, 0.29) is 11.3 Å². The van der Waals surface area contributed by atoms with Gasteiger partial charge >= 0.3 is 0 Å². The first-order valence-corrected chi connectivity index (χ1v) is 7.37. The maximum Gasteiger partial charge on any atom is 0.222 e. The van der Waals surface area contributed by atoms with Crippen LogP contribution in [0, 0.1) is 11.3 Å². The highest BCUT2D eigenvalue weighted by molar-refractivity contribution is 5.75. The lowest BCUT2D eigenvalue weighted by Crippen LogP contribution is -2.30. The number of hydrogen-bond donors (Lipinski definition) is 1. The van der Waals surface area contributed by atoms with Gasteiger partial charge in [0.05, 0.1) is 0 Å². The summed E-state index contributed by atoms with van der Waals surface area (Å²) in [5, 5.41) is 0. The van der Waals surface area contributed by atoms with E-state index in [2.05, 4.69) is 27.4 Å². The Morgan fingerprint density at radius 1 is 1.37 bits per heavy atom. The van der Waals surface area contributed by atoms with Crippen LogP contribution in [-0.2, 0) is 4.79 Å². The van der Waals surface area contributed by atoms with Crippen molar-refractivity contribution in [2.75, 3.05) is 20.1 Å². The zero-order valence-corrected chi connectivity index (χ0v) is 13.2. The van der Waals surface area contributed by atoms with Crippen molar-refractivity contribution in [1.29, 1.82) is 0 Å². The molecule has 1 unspecified atom stereocenters. The minimum atomic E-state index is 0.223. The number of nitrogens with zero attached hydrogens (tertiary/aromatic N) is 1. The van der Waals surface area contributed by atoms with E-state index in [9.17, 15) is 4.79 Å². The number of hydrogen-bond acceptors (Lipinski definition) is 2. The minimum absolute atomic E-state index is 0.223. The molecule has 19 heavy (non-hydrogen) atoms. The molecule has 0 saturated carbocycles. The number of allylic oxidation sites excluding steroid dienone is 1. The topological polar surface area (TPSA) is 46.3 Å². The van der Waals surface area contributed by atoms with Gasteiger partial charge in [0, 0.05) is 20.0 Å². The first-order valence-electron chi connectivity index (χ1n) is 7.37. The Morgan fingerprint density at radius 3 is 2.47 bits per heavy atom. The second-order valence-electron chi connectivity index (χ2n) is 6.43. The van der Waals surface area contributed by atoms with Crippen LogP contribution < -0.4 is 5.73 Å². The molecule has 3 nitrogen and oxygen atoms in total. The molecule has 0 aliphatic rings. The summed E-state index contributed by atoms with van der Waals surface area (Å²) < 4.78 is 0. The van der Waals surface area contributed by atoms with Crippen LogP contribution >= 0.6 is 0 Å². The van der Waals surface area contributed by atoms with Crippen molar-refractivity contribution in [3.05, 3.63) is 12.7 Å². The summed E-state index contributed by atoms with van der Waals surface area (Å²) in [4.78, 5) is 13.9. The van der Waals surface area contributed by atoms with E-state index in [0.717, 1.165) is 32.2 Å². The molecule has 112 valence electrons. The van der Waals surface area contributed by atoms with E-state index < -0.39 is 0 Å². The molecular weight excluding hydrogens is 236 g/mol. The van der Waals surface area contributed by atoms with Gasteiger partial charge in [0.25, 0.3) is 0 Å². The molecule has 1 amide bonds. The molecular formula is C16H32N2O. The zero-order valence-electron chi connectivity index (χ0n) is 13.2. The van der Waals surface area contributed by atoms with Crippen molar-refractivity contribution in [3.8, 4) is 0 Å². The number of carbonyl (C=O) groups is 1. The fourth-order valence-corrected chi connectivity index (χ4v) is 2.30. The Hall–Kier alpha value is -0.830. The lowest BCUT2D eigenvalue weighted by molar-refractivity contribution is -0.130. The van der Waals surface area contributed by atoms with Gasteiger partial charge in [-0.1, -0.05) is 26.8 Å². The highest BCUT2D eigenvalue weighted by atomic mass is 16.2. The average molecular weight is 268 g/mol. The van der Waals surface area contributed by atoms with E-state index in [4.69, 9.17) is 5.73 Å². The summed E-state index contributed by atoms with van der Waals surface area (Å²) in [7, 11) is 1.89. The fourth-order valence-electron chi connectivity index (χ4n) is 2.30.